The summed E-state index contributed by atoms with van der Waals surface area (Å²) in [4.78, 5) is 53.5. The quantitative estimate of drug-likeness (QED) is 0.321. The number of carbonyl (C=O) groups is 2. The molecule has 70 valence electrons. The standard InChI is InChI=1S/C3H3N3O3.C2H2O2/c7-1-4-2(8)6-3(9)5-1;3-1-2-4/h(H3,4,5,6,7,8,9);1-2H. The van der Waals surface area contributed by atoms with Crippen LogP contribution in [0.3, 0.4) is 0 Å². The number of nitrogens with one attached hydrogen (secondary N) is 3. The predicted molar refractivity (Wildman–Crippen MR) is 40.4 cm³/mol. The highest BCUT2D eigenvalue weighted by Crippen LogP contribution is 1.29. The van der Waals surface area contributed by atoms with Crippen molar-refractivity contribution in [2.75, 3.05) is 0 Å². The topological polar surface area (TPSA) is 133 Å². The van der Waals surface area contributed by atoms with Gasteiger partial charge in [-0.2, -0.15) is 0 Å². The number of hydrogen-bond donors (Lipinski definition) is 3. The first kappa shape index (κ1) is 10.8. The van der Waals surface area contributed by atoms with Crippen molar-refractivity contribution in [2.45, 2.75) is 0 Å². The van der Waals surface area contributed by atoms with E-state index in [2.05, 4.69) is 0 Å². The van der Waals surface area contributed by atoms with E-state index >= 15 is 0 Å². The maximum Gasteiger partial charge on any atom is 0.330 e. The molecule has 3 N–H and O–H groups in total. The van der Waals surface area contributed by atoms with Gasteiger partial charge >= 0.3 is 17.1 Å². The van der Waals surface area contributed by atoms with E-state index in [0.29, 0.717) is 0 Å². The fourth-order valence-corrected chi connectivity index (χ4v) is 0.403. The van der Waals surface area contributed by atoms with Crippen molar-refractivity contribution in [2.24, 2.45) is 0 Å². The summed E-state index contributed by atoms with van der Waals surface area (Å²) in [5, 5.41) is 0. The molecule has 0 saturated heterocycles. The molecule has 0 aliphatic carbocycles. The van der Waals surface area contributed by atoms with Crippen LogP contribution in [0.1, 0.15) is 0 Å². The molecule has 0 amide bonds. The van der Waals surface area contributed by atoms with Crippen molar-refractivity contribution in [1.29, 1.82) is 0 Å². The smallest absolute Gasteiger partial charge is 0.295 e. The number of H-pyrrole nitrogens is 3. The highest BCUT2D eigenvalue weighted by Gasteiger charge is 1.84. The average molecular weight is 187 g/mol. The van der Waals surface area contributed by atoms with E-state index in [1.165, 1.54) is 0 Å². The van der Waals surface area contributed by atoms with E-state index in [0.717, 1.165) is 0 Å². The van der Waals surface area contributed by atoms with Crippen LogP contribution in [0, 0.1) is 0 Å². The number of aromatic amines is 3. The van der Waals surface area contributed by atoms with Crippen LogP contribution in [-0.4, -0.2) is 27.5 Å². The lowest BCUT2D eigenvalue weighted by atomic mass is 10.9. The van der Waals surface area contributed by atoms with Crippen LogP contribution < -0.4 is 17.1 Å². The lowest BCUT2D eigenvalue weighted by Crippen LogP contribution is -2.34. The third kappa shape index (κ3) is 5.07. The minimum atomic E-state index is -0.802. The van der Waals surface area contributed by atoms with Gasteiger partial charge in [0.25, 0.3) is 0 Å². The molecule has 0 bridgehead atoms. The van der Waals surface area contributed by atoms with Gasteiger partial charge in [-0.05, 0) is 0 Å². The van der Waals surface area contributed by atoms with E-state index in [1.807, 2.05) is 0 Å². The summed E-state index contributed by atoms with van der Waals surface area (Å²) in [5.41, 5.74) is -2.41. The van der Waals surface area contributed by atoms with E-state index in [1.54, 1.807) is 15.0 Å². The molecular weight excluding hydrogens is 182 g/mol. The third-order valence-corrected chi connectivity index (χ3v) is 0.737. The summed E-state index contributed by atoms with van der Waals surface area (Å²) in [6.45, 7) is 0. The van der Waals surface area contributed by atoms with E-state index in [-0.39, 0.29) is 12.6 Å². The van der Waals surface area contributed by atoms with Gasteiger partial charge in [-0.25, -0.2) is 14.4 Å². The zero-order chi connectivity index (χ0) is 10.3. The average Bonchev–Trinajstić information content (AvgIpc) is 2.02. The highest BCUT2D eigenvalue weighted by atomic mass is 16.2. The van der Waals surface area contributed by atoms with Crippen molar-refractivity contribution in [3.8, 4) is 0 Å². The minimum absolute atomic E-state index is 0.194. The minimum Gasteiger partial charge on any atom is -0.295 e. The molecular formula is C5H5N3O5. The van der Waals surface area contributed by atoms with Gasteiger partial charge in [-0.15, -0.1) is 0 Å². The van der Waals surface area contributed by atoms with Crippen molar-refractivity contribution >= 4 is 12.6 Å². The van der Waals surface area contributed by atoms with Crippen molar-refractivity contribution < 1.29 is 9.59 Å². The maximum absolute atomic E-state index is 10.2. The Labute approximate surface area is 69.6 Å². The Morgan fingerprint density at radius 2 is 0.923 bits per heavy atom. The summed E-state index contributed by atoms with van der Waals surface area (Å²) in [7, 11) is 0. The molecule has 1 rings (SSSR count). The van der Waals surface area contributed by atoms with E-state index in [4.69, 9.17) is 9.59 Å². The third-order valence-electron chi connectivity index (χ3n) is 0.737. The Kier molecular flexibility index (Phi) is 4.47. The SMILES string of the molecule is O=CC=O.O=c1[nH]c(=O)[nH]c(=O)[nH]1. The molecule has 0 aliphatic heterocycles. The van der Waals surface area contributed by atoms with Crippen molar-refractivity contribution in [1.82, 2.24) is 15.0 Å². The molecule has 0 spiro atoms. The highest BCUT2D eigenvalue weighted by molar-refractivity contribution is 6.09. The van der Waals surface area contributed by atoms with Gasteiger partial charge in [0.05, 0.1) is 0 Å². The van der Waals surface area contributed by atoms with Gasteiger partial charge in [-0.1, -0.05) is 0 Å². The Balaban J connectivity index is 0.000000310. The van der Waals surface area contributed by atoms with Gasteiger partial charge in [0, 0.05) is 0 Å². The van der Waals surface area contributed by atoms with E-state index in [9.17, 15) is 14.4 Å². The van der Waals surface area contributed by atoms with Crippen LogP contribution in [0.4, 0.5) is 0 Å². The molecule has 13 heavy (non-hydrogen) atoms. The summed E-state index contributed by atoms with van der Waals surface area (Å²) in [5.74, 6) is 0. The fourth-order valence-electron chi connectivity index (χ4n) is 0.403. The molecule has 0 fully saturated rings. The summed E-state index contributed by atoms with van der Waals surface area (Å²) >= 11 is 0. The second kappa shape index (κ2) is 5.41. The van der Waals surface area contributed by atoms with Gasteiger partial charge in [0.2, 0.25) is 0 Å². The lowest BCUT2D eigenvalue weighted by molar-refractivity contribution is -0.122. The van der Waals surface area contributed by atoms with Crippen LogP contribution in [0.5, 0.6) is 0 Å². The van der Waals surface area contributed by atoms with Crippen molar-refractivity contribution in [3.63, 3.8) is 0 Å². The second-order valence-corrected chi connectivity index (χ2v) is 1.63. The summed E-state index contributed by atoms with van der Waals surface area (Å²) in [6, 6.07) is 0. The molecule has 0 aromatic carbocycles. The van der Waals surface area contributed by atoms with Crippen LogP contribution in [0.15, 0.2) is 14.4 Å². The van der Waals surface area contributed by atoms with Crippen LogP contribution in [0.25, 0.3) is 0 Å². The fraction of sp³-hybridized carbons (Fsp3) is 0. The first-order chi connectivity index (χ1) is 6.10. The molecule has 0 aliphatic rings. The van der Waals surface area contributed by atoms with Crippen LogP contribution in [-0.2, 0) is 9.59 Å². The Morgan fingerprint density at radius 1 is 0.692 bits per heavy atom. The molecule has 0 unspecified atom stereocenters. The monoisotopic (exact) mass is 187 g/mol. The molecule has 1 aromatic heterocycles. The Hall–Kier alpha value is -2.25. The summed E-state index contributed by atoms with van der Waals surface area (Å²) in [6.07, 6.45) is 0.389. The molecule has 0 atom stereocenters. The summed E-state index contributed by atoms with van der Waals surface area (Å²) < 4.78 is 0. The zero-order valence-corrected chi connectivity index (χ0v) is 6.20. The Bertz CT molecular complexity index is 354. The van der Waals surface area contributed by atoms with Gasteiger partial charge < -0.3 is 0 Å². The first-order valence-electron chi connectivity index (χ1n) is 2.92. The first-order valence-corrected chi connectivity index (χ1v) is 2.92. The Morgan fingerprint density at radius 3 is 1.08 bits per heavy atom. The van der Waals surface area contributed by atoms with E-state index < -0.39 is 17.1 Å². The molecule has 8 heteroatoms. The molecule has 0 radical (unpaired) electrons. The maximum atomic E-state index is 10.2. The number of carbonyl (C=O) groups excluding carboxylic acids is 2. The van der Waals surface area contributed by atoms with Gasteiger partial charge in [0.15, 0.2) is 12.6 Å². The number of aromatic nitrogens is 3. The number of hydrogen-bond acceptors (Lipinski definition) is 5. The zero-order valence-electron chi connectivity index (χ0n) is 6.20. The lowest BCUT2D eigenvalue weighted by Gasteiger charge is -1.77. The molecule has 0 saturated carbocycles. The number of rotatable bonds is 1. The second-order valence-electron chi connectivity index (χ2n) is 1.63. The number of aldehydes is 2. The van der Waals surface area contributed by atoms with Gasteiger partial charge in [-0.3, -0.25) is 24.5 Å². The largest absolute Gasteiger partial charge is 0.330 e. The van der Waals surface area contributed by atoms with Gasteiger partial charge in [0.1, 0.15) is 0 Å². The normalized spacial score (nSPS) is 8.00. The van der Waals surface area contributed by atoms with Crippen LogP contribution >= 0.6 is 0 Å². The van der Waals surface area contributed by atoms with Crippen LogP contribution in [0.2, 0.25) is 0 Å². The molecule has 8 nitrogen and oxygen atoms in total. The predicted octanol–water partition coefficient (Wildman–Crippen LogP) is -2.86. The molecule has 1 heterocycles. The molecule has 1 aromatic rings. The van der Waals surface area contributed by atoms with Crippen molar-refractivity contribution in [3.05, 3.63) is 31.5 Å².